The molecule has 2 aromatic rings. The number of aliphatic hydroxyl groups excluding tert-OH is 1. The van der Waals surface area contributed by atoms with Gasteiger partial charge >= 0.3 is 11.9 Å². The lowest BCUT2D eigenvalue weighted by Gasteiger charge is -2.05. The highest BCUT2D eigenvalue weighted by atomic mass is 16.5. The van der Waals surface area contributed by atoms with Crippen LogP contribution in [0.2, 0.25) is 0 Å². The Kier molecular flexibility index (Phi) is 14.2. The van der Waals surface area contributed by atoms with E-state index in [0.29, 0.717) is 22.3 Å². The molecule has 7 N–H and O–H groups in total. The van der Waals surface area contributed by atoms with Crippen molar-refractivity contribution in [3.05, 3.63) is 69.8 Å². The van der Waals surface area contributed by atoms with Gasteiger partial charge in [-0.2, -0.15) is 0 Å². The molecule has 0 saturated heterocycles. The van der Waals surface area contributed by atoms with Gasteiger partial charge in [0.15, 0.2) is 5.84 Å². The number of nitrogens with zero attached hydrogens (tertiary/aromatic N) is 1. The highest BCUT2D eigenvalue weighted by Crippen LogP contribution is 2.12. The van der Waals surface area contributed by atoms with E-state index in [0.717, 1.165) is 18.2 Å². The Bertz CT molecular complexity index is 957. The summed E-state index contributed by atoms with van der Waals surface area (Å²) in [5.74, 6) is -0.957. The lowest BCUT2D eigenvalue weighted by Crippen LogP contribution is -2.16. The zero-order valence-corrected chi connectivity index (χ0v) is 18.1. The number of aryl methyl sites for hydroxylation is 2. The molecule has 0 fully saturated rings. The number of nitrogens with one attached hydrogen (secondary N) is 1. The monoisotopic (exact) mass is 448 g/mol. The van der Waals surface area contributed by atoms with Gasteiger partial charge in [-0.05, 0) is 49.2 Å². The Balaban J connectivity index is 0. The molecule has 0 radical (unpaired) electrons. The number of nitrogen functional groups attached to an aromatic ring is 1. The standard InChI is InChI=1S/C10H12N2O3.C10H12N2O2.CH4O.CH4/c1-6-3-4-7(10(13)15-2)5-8(6)9(11)12-14;1-6-3-4-7(10(13)14-2)5-8(6)9(11)12;1-2;/h3-5,14H,1-2H3,(H2,11,12);3-5H,1-2H3,(H3,11,12);2H,1H3;1H4. The van der Waals surface area contributed by atoms with Gasteiger partial charge in [0.05, 0.1) is 25.3 Å². The van der Waals surface area contributed by atoms with Crippen molar-refractivity contribution in [2.24, 2.45) is 16.6 Å². The minimum atomic E-state index is -0.456. The Morgan fingerprint density at radius 3 is 1.59 bits per heavy atom. The smallest absolute Gasteiger partial charge is 0.337 e. The minimum absolute atomic E-state index is 0. The van der Waals surface area contributed by atoms with Crippen LogP contribution in [-0.4, -0.2) is 55.3 Å². The number of carbonyl (C=O) groups excluding carboxylic acids is 2. The molecule has 0 amide bonds. The summed E-state index contributed by atoms with van der Waals surface area (Å²) in [6.07, 6.45) is 0. The number of rotatable bonds is 4. The van der Waals surface area contributed by atoms with Crippen LogP contribution in [0.25, 0.3) is 0 Å². The average Bonchev–Trinajstić information content (AvgIpc) is 2.79. The molecule has 176 valence electrons. The molecule has 0 heterocycles. The summed E-state index contributed by atoms with van der Waals surface area (Å²) in [6.45, 7) is 3.63. The lowest BCUT2D eigenvalue weighted by molar-refractivity contribution is 0.0592. The number of hydrogen-bond donors (Lipinski definition) is 5. The van der Waals surface area contributed by atoms with Crippen LogP contribution < -0.4 is 11.5 Å². The summed E-state index contributed by atoms with van der Waals surface area (Å²) in [6, 6.07) is 9.80. The number of methoxy groups -OCH3 is 2. The van der Waals surface area contributed by atoms with Crippen LogP contribution in [-0.2, 0) is 9.47 Å². The second-order valence-electron chi connectivity index (χ2n) is 5.94. The first-order valence-corrected chi connectivity index (χ1v) is 8.81. The van der Waals surface area contributed by atoms with E-state index in [1.807, 2.05) is 6.92 Å². The van der Waals surface area contributed by atoms with Gasteiger partial charge < -0.3 is 31.3 Å². The van der Waals surface area contributed by atoms with Crippen molar-refractivity contribution >= 4 is 23.6 Å². The number of aliphatic hydroxyl groups is 1. The molecule has 0 unspecified atom stereocenters. The van der Waals surface area contributed by atoms with Gasteiger partial charge in [0.2, 0.25) is 0 Å². The van der Waals surface area contributed by atoms with Crippen LogP contribution in [0.4, 0.5) is 0 Å². The molecule has 2 rings (SSSR count). The highest BCUT2D eigenvalue weighted by molar-refractivity contribution is 6.01. The van der Waals surface area contributed by atoms with Gasteiger partial charge in [-0.1, -0.05) is 24.7 Å². The summed E-state index contributed by atoms with van der Waals surface area (Å²) in [7, 11) is 3.61. The normalized spacial score (nSPS) is 9.62. The first-order chi connectivity index (χ1) is 14.7. The van der Waals surface area contributed by atoms with Gasteiger partial charge in [-0.25, -0.2) is 9.59 Å². The molecule has 32 heavy (non-hydrogen) atoms. The van der Waals surface area contributed by atoms with Gasteiger partial charge in [0.1, 0.15) is 5.84 Å². The lowest BCUT2D eigenvalue weighted by atomic mass is 10.0. The average molecular weight is 449 g/mol. The fourth-order valence-electron chi connectivity index (χ4n) is 2.35. The van der Waals surface area contributed by atoms with Crippen LogP contribution in [0.1, 0.15) is 50.4 Å². The van der Waals surface area contributed by atoms with Crippen LogP contribution in [0.15, 0.2) is 41.6 Å². The van der Waals surface area contributed by atoms with Crippen LogP contribution in [0.5, 0.6) is 0 Å². The van der Waals surface area contributed by atoms with Crippen molar-refractivity contribution in [3.63, 3.8) is 0 Å². The first-order valence-electron chi connectivity index (χ1n) is 8.81. The van der Waals surface area contributed by atoms with Crippen molar-refractivity contribution in [2.75, 3.05) is 21.3 Å². The minimum Gasteiger partial charge on any atom is -0.465 e. The molecule has 0 aliphatic rings. The number of oxime groups is 1. The van der Waals surface area contributed by atoms with E-state index in [9.17, 15) is 9.59 Å². The molecule has 10 nitrogen and oxygen atoms in total. The second kappa shape index (κ2) is 15.0. The molecule has 0 saturated carbocycles. The summed E-state index contributed by atoms with van der Waals surface area (Å²) in [5.41, 5.74) is 14.3. The van der Waals surface area contributed by atoms with Crippen LogP contribution >= 0.6 is 0 Å². The van der Waals surface area contributed by atoms with Crippen molar-refractivity contribution in [1.82, 2.24) is 0 Å². The number of amidine groups is 2. The quantitative estimate of drug-likeness (QED) is 0.155. The maximum atomic E-state index is 11.2. The summed E-state index contributed by atoms with van der Waals surface area (Å²) >= 11 is 0. The molecule has 0 aromatic heterocycles. The van der Waals surface area contributed by atoms with Crippen molar-refractivity contribution in [3.8, 4) is 0 Å². The zero-order valence-electron chi connectivity index (χ0n) is 18.1. The fraction of sp³-hybridized carbons (Fsp3) is 0.273. The largest absolute Gasteiger partial charge is 0.465 e. The summed E-state index contributed by atoms with van der Waals surface area (Å²) < 4.78 is 9.12. The molecule has 2 aromatic carbocycles. The Hall–Kier alpha value is -3.92. The van der Waals surface area contributed by atoms with Crippen molar-refractivity contribution in [2.45, 2.75) is 21.3 Å². The van der Waals surface area contributed by atoms with Gasteiger partial charge in [0.25, 0.3) is 0 Å². The maximum Gasteiger partial charge on any atom is 0.337 e. The predicted molar refractivity (Wildman–Crippen MR) is 123 cm³/mol. The van der Waals surface area contributed by atoms with Crippen molar-refractivity contribution < 1.29 is 29.4 Å². The van der Waals surface area contributed by atoms with Crippen molar-refractivity contribution in [1.29, 1.82) is 5.41 Å². The number of nitrogens with two attached hydrogens (primary N) is 2. The Labute approximate surface area is 188 Å². The van der Waals surface area contributed by atoms with E-state index in [-0.39, 0.29) is 19.1 Å². The molecule has 0 spiro atoms. The number of ether oxygens (including phenoxy) is 2. The molecular weight excluding hydrogens is 416 g/mol. The number of benzene rings is 2. The highest BCUT2D eigenvalue weighted by Gasteiger charge is 2.10. The fourth-order valence-corrected chi connectivity index (χ4v) is 2.35. The zero-order chi connectivity index (χ0) is 24.1. The molecule has 0 aliphatic carbocycles. The second-order valence-corrected chi connectivity index (χ2v) is 5.94. The Morgan fingerprint density at radius 1 is 0.875 bits per heavy atom. The third-order valence-corrected chi connectivity index (χ3v) is 3.99. The number of carbonyl (C=O) groups is 2. The van der Waals surface area contributed by atoms with E-state index < -0.39 is 11.9 Å². The number of hydrogen-bond acceptors (Lipinski definition) is 8. The van der Waals surface area contributed by atoms with Crippen LogP contribution in [0, 0.1) is 19.3 Å². The molecule has 0 aliphatic heterocycles. The third kappa shape index (κ3) is 8.44. The number of esters is 2. The molecule has 0 bridgehead atoms. The third-order valence-electron chi connectivity index (χ3n) is 3.99. The topological polar surface area (TPSA) is 181 Å². The van der Waals surface area contributed by atoms with E-state index in [1.54, 1.807) is 37.3 Å². The maximum absolute atomic E-state index is 11.2. The van der Waals surface area contributed by atoms with E-state index in [4.69, 9.17) is 27.2 Å². The molecule has 0 atom stereocenters. The van der Waals surface area contributed by atoms with E-state index in [1.165, 1.54) is 20.3 Å². The predicted octanol–water partition coefficient (Wildman–Crippen LogP) is 2.19. The van der Waals surface area contributed by atoms with E-state index in [2.05, 4.69) is 14.6 Å². The summed E-state index contributed by atoms with van der Waals surface area (Å²) in [5, 5.41) is 25.7. The Morgan fingerprint density at radius 2 is 1.25 bits per heavy atom. The molecular formula is C22H32N4O6. The molecule has 10 heteroatoms. The van der Waals surface area contributed by atoms with Gasteiger partial charge in [0, 0.05) is 18.2 Å². The van der Waals surface area contributed by atoms with Crippen LogP contribution in [0.3, 0.4) is 0 Å². The SMILES string of the molecule is C.CO.COC(=O)c1ccc(C)c(/C(N)=N/O)c1.COC(=O)c1ccc(C)c(C(=N)N)c1. The van der Waals surface area contributed by atoms with E-state index >= 15 is 0 Å². The first kappa shape index (κ1) is 30.3. The summed E-state index contributed by atoms with van der Waals surface area (Å²) in [4.78, 5) is 22.4. The van der Waals surface area contributed by atoms with Gasteiger partial charge in [-0.3, -0.25) is 5.41 Å². The van der Waals surface area contributed by atoms with Gasteiger partial charge in [-0.15, -0.1) is 0 Å².